The normalized spacial score (nSPS) is 11.8. The zero-order valence-electron chi connectivity index (χ0n) is 8.46. The molecule has 1 aromatic rings. The molecule has 0 radical (unpaired) electrons. The van der Waals surface area contributed by atoms with Crippen LogP contribution in [-0.4, -0.2) is 45.9 Å². The molecule has 0 atom stereocenters. The summed E-state index contributed by atoms with van der Waals surface area (Å²) in [5.74, 6) is 0.853. The highest BCUT2D eigenvalue weighted by Crippen LogP contribution is 2.12. The van der Waals surface area contributed by atoms with Gasteiger partial charge in [-0.1, -0.05) is 18.2 Å². The van der Waals surface area contributed by atoms with Gasteiger partial charge in [0.05, 0.1) is 0 Å². The lowest BCUT2D eigenvalue weighted by molar-refractivity contribution is 0.465. The molecule has 16 heavy (non-hydrogen) atoms. The second-order valence-corrected chi connectivity index (χ2v) is 5.27. The van der Waals surface area contributed by atoms with E-state index in [4.69, 9.17) is 4.55 Å². The number of rotatable bonds is 8. The molecule has 0 fully saturated rings. The molecule has 8 nitrogen and oxygen atoms in total. The number of hydrogen-bond acceptors (Lipinski definition) is 6. The Bertz CT molecular complexity index is 379. The van der Waals surface area contributed by atoms with E-state index in [-0.39, 0.29) is 6.54 Å². The summed E-state index contributed by atoms with van der Waals surface area (Å²) in [6.07, 6.45) is 2.48. The molecule has 0 aromatic carbocycles. The maximum absolute atomic E-state index is 10.3. The van der Waals surface area contributed by atoms with Crippen LogP contribution in [0.25, 0.3) is 0 Å². The van der Waals surface area contributed by atoms with E-state index in [0.29, 0.717) is 11.6 Å². The number of aromatic amines is 1. The first kappa shape index (κ1) is 13.4. The number of thioether (sulfide) groups is 1. The third-order valence-electron chi connectivity index (χ3n) is 1.66. The summed E-state index contributed by atoms with van der Waals surface area (Å²) in [4.78, 5) is 0. The van der Waals surface area contributed by atoms with E-state index in [0.717, 1.165) is 18.6 Å². The molecule has 0 unspecified atom stereocenters. The maximum Gasteiger partial charge on any atom is 0.333 e. The van der Waals surface area contributed by atoms with Crippen molar-refractivity contribution >= 4 is 22.1 Å². The molecular weight excluding hydrogens is 254 g/mol. The van der Waals surface area contributed by atoms with Gasteiger partial charge in [-0.25, -0.2) is 0 Å². The molecule has 0 saturated heterocycles. The SMILES string of the molecule is O=S(=O)(O)NCCCCCSc1nn[nH]n1. The average molecular weight is 267 g/mol. The van der Waals surface area contributed by atoms with Gasteiger partial charge in [0.1, 0.15) is 0 Å². The van der Waals surface area contributed by atoms with Crippen molar-refractivity contribution in [3.05, 3.63) is 0 Å². The zero-order chi connectivity index (χ0) is 11.9. The van der Waals surface area contributed by atoms with Gasteiger partial charge in [0.15, 0.2) is 0 Å². The van der Waals surface area contributed by atoms with Gasteiger partial charge < -0.3 is 0 Å². The van der Waals surface area contributed by atoms with Crippen LogP contribution in [0.4, 0.5) is 0 Å². The van der Waals surface area contributed by atoms with E-state index in [1.54, 1.807) is 0 Å². The molecule has 3 N–H and O–H groups in total. The molecule has 0 saturated carbocycles. The van der Waals surface area contributed by atoms with Crippen molar-refractivity contribution in [2.45, 2.75) is 24.4 Å². The van der Waals surface area contributed by atoms with E-state index in [1.165, 1.54) is 11.8 Å². The Morgan fingerprint density at radius 2 is 2.19 bits per heavy atom. The molecule has 0 spiro atoms. The predicted octanol–water partition coefficient (Wildman–Crippen LogP) is -0.146. The summed E-state index contributed by atoms with van der Waals surface area (Å²) < 4.78 is 31.0. The highest BCUT2D eigenvalue weighted by molar-refractivity contribution is 7.99. The van der Waals surface area contributed by atoms with Gasteiger partial charge in [-0.15, -0.1) is 10.2 Å². The van der Waals surface area contributed by atoms with Gasteiger partial charge in [-0.3, -0.25) is 4.55 Å². The molecule has 10 heteroatoms. The number of unbranched alkanes of at least 4 members (excludes halogenated alkanes) is 2. The highest BCUT2D eigenvalue weighted by Gasteiger charge is 2.01. The lowest BCUT2D eigenvalue weighted by atomic mass is 10.2. The standard InChI is InChI=1S/C6H13N5O3S2/c12-16(13,14)7-4-2-1-3-5-15-6-8-10-11-9-6/h7H,1-5H2,(H,12,13,14)(H,8,9,10,11). The number of nitrogens with zero attached hydrogens (tertiary/aromatic N) is 3. The first-order valence-corrected chi connectivity index (χ1v) is 7.09. The minimum atomic E-state index is -4.04. The summed E-state index contributed by atoms with van der Waals surface area (Å²) in [5, 5.41) is 13.9. The van der Waals surface area contributed by atoms with Crippen LogP contribution in [0.2, 0.25) is 0 Å². The Morgan fingerprint density at radius 3 is 2.81 bits per heavy atom. The average Bonchev–Trinajstić information content (AvgIpc) is 2.67. The summed E-state index contributed by atoms with van der Waals surface area (Å²) in [5.41, 5.74) is 0. The van der Waals surface area contributed by atoms with Crippen LogP contribution in [0.1, 0.15) is 19.3 Å². The smallest absolute Gasteiger partial charge is 0.273 e. The number of nitrogens with one attached hydrogen (secondary N) is 2. The van der Waals surface area contributed by atoms with E-state index < -0.39 is 10.3 Å². The fourth-order valence-corrected chi connectivity index (χ4v) is 2.12. The van der Waals surface area contributed by atoms with Crippen LogP contribution < -0.4 is 4.72 Å². The summed E-state index contributed by atoms with van der Waals surface area (Å²) in [7, 11) is -4.04. The van der Waals surface area contributed by atoms with Crippen molar-refractivity contribution in [3.63, 3.8) is 0 Å². The van der Waals surface area contributed by atoms with Crippen molar-refractivity contribution in [2.24, 2.45) is 0 Å². The van der Waals surface area contributed by atoms with Crippen molar-refractivity contribution in [2.75, 3.05) is 12.3 Å². The molecular formula is C6H13N5O3S2. The molecule has 0 aliphatic carbocycles. The fraction of sp³-hybridized carbons (Fsp3) is 0.833. The van der Waals surface area contributed by atoms with Gasteiger partial charge in [0.2, 0.25) is 5.16 Å². The van der Waals surface area contributed by atoms with Gasteiger partial charge >= 0.3 is 10.3 Å². The van der Waals surface area contributed by atoms with E-state index >= 15 is 0 Å². The van der Waals surface area contributed by atoms with Crippen molar-refractivity contribution in [1.82, 2.24) is 25.3 Å². The van der Waals surface area contributed by atoms with Crippen LogP contribution in [0, 0.1) is 0 Å². The first-order valence-electron chi connectivity index (χ1n) is 4.66. The fourth-order valence-electron chi connectivity index (χ4n) is 0.982. The van der Waals surface area contributed by atoms with Crippen molar-refractivity contribution < 1.29 is 13.0 Å². The van der Waals surface area contributed by atoms with Gasteiger partial charge in [0.25, 0.3) is 0 Å². The lowest BCUT2D eigenvalue weighted by Crippen LogP contribution is -2.23. The topological polar surface area (TPSA) is 121 Å². The van der Waals surface area contributed by atoms with Gasteiger partial charge in [-0.2, -0.15) is 18.4 Å². The van der Waals surface area contributed by atoms with Crippen LogP contribution in [0.3, 0.4) is 0 Å². The molecule has 1 aromatic heterocycles. The molecule has 92 valence electrons. The van der Waals surface area contributed by atoms with Crippen LogP contribution in [-0.2, 0) is 10.3 Å². The Labute approximate surface area is 97.5 Å². The van der Waals surface area contributed by atoms with E-state index in [2.05, 4.69) is 20.6 Å². The third-order valence-corrected chi connectivity index (χ3v) is 3.16. The summed E-state index contributed by atoms with van der Waals surface area (Å²) >= 11 is 1.49. The van der Waals surface area contributed by atoms with Crippen molar-refractivity contribution in [1.29, 1.82) is 0 Å². The molecule has 1 rings (SSSR count). The van der Waals surface area contributed by atoms with Crippen LogP contribution in [0.5, 0.6) is 0 Å². The van der Waals surface area contributed by atoms with Crippen LogP contribution >= 0.6 is 11.8 Å². The minimum absolute atomic E-state index is 0.256. The van der Waals surface area contributed by atoms with Crippen molar-refractivity contribution in [3.8, 4) is 0 Å². The number of aromatic nitrogens is 4. The second-order valence-electron chi connectivity index (χ2n) is 2.97. The summed E-state index contributed by atoms with van der Waals surface area (Å²) in [6.45, 7) is 0.256. The third kappa shape index (κ3) is 6.71. The zero-order valence-corrected chi connectivity index (χ0v) is 10.1. The monoisotopic (exact) mass is 267 g/mol. The van der Waals surface area contributed by atoms with Gasteiger partial charge in [0, 0.05) is 12.3 Å². The molecule has 0 bridgehead atoms. The number of hydrogen-bond donors (Lipinski definition) is 3. The maximum atomic E-state index is 10.3. The minimum Gasteiger partial charge on any atom is -0.273 e. The highest BCUT2D eigenvalue weighted by atomic mass is 32.2. The summed E-state index contributed by atoms with van der Waals surface area (Å²) in [6, 6.07) is 0. The molecule has 0 aliphatic rings. The predicted molar refractivity (Wildman–Crippen MR) is 58.3 cm³/mol. The lowest BCUT2D eigenvalue weighted by Gasteiger charge is -2.00. The molecule has 0 amide bonds. The van der Waals surface area contributed by atoms with E-state index in [9.17, 15) is 8.42 Å². The first-order chi connectivity index (χ1) is 7.58. The molecule has 0 aliphatic heterocycles. The van der Waals surface area contributed by atoms with E-state index in [1.807, 2.05) is 4.72 Å². The Balaban J connectivity index is 1.93. The van der Waals surface area contributed by atoms with Gasteiger partial charge in [-0.05, 0) is 18.1 Å². The quantitative estimate of drug-likeness (QED) is 0.340. The Kier molecular flexibility index (Phi) is 5.66. The van der Waals surface area contributed by atoms with Crippen LogP contribution in [0.15, 0.2) is 5.16 Å². The number of tetrazole rings is 1. The Morgan fingerprint density at radius 1 is 1.38 bits per heavy atom. The number of H-pyrrole nitrogens is 1. The second kappa shape index (κ2) is 6.78. The molecule has 1 heterocycles. The largest absolute Gasteiger partial charge is 0.333 e. The Hall–Kier alpha value is -0.710.